The molecule has 0 aromatic heterocycles. The van der Waals surface area contributed by atoms with Crippen molar-refractivity contribution in [1.29, 1.82) is 0 Å². The van der Waals surface area contributed by atoms with Crippen LogP contribution in [0.25, 0.3) is 0 Å². The average Bonchev–Trinajstić information content (AvgIpc) is 2.53. The summed E-state index contributed by atoms with van der Waals surface area (Å²) >= 11 is 0. The fourth-order valence-corrected chi connectivity index (χ4v) is 2.86. The molecule has 1 spiro atoms. The summed E-state index contributed by atoms with van der Waals surface area (Å²) in [6.07, 6.45) is 2.41. The summed E-state index contributed by atoms with van der Waals surface area (Å²) < 4.78 is 5.15. The molecule has 0 aromatic carbocycles. The van der Waals surface area contributed by atoms with Gasteiger partial charge in [-0.25, -0.2) is 0 Å². The maximum atomic E-state index is 5.97. The van der Waals surface area contributed by atoms with Crippen molar-refractivity contribution in [2.75, 3.05) is 46.9 Å². The minimum atomic E-state index is 0.135. The number of likely N-dealkylation sites (N-methyl/N-ethyl adjacent to an activating group) is 1. The summed E-state index contributed by atoms with van der Waals surface area (Å²) in [4.78, 5) is 9.03. The van der Waals surface area contributed by atoms with E-state index in [1.54, 1.807) is 7.11 Å². The van der Waals surface area contributed by atoms with Crippen LogP contribution in [0, 0.1) is 0 Å². The predicted octanol–water partition coefficient (Wildman–Crippen LogP) is -0.272. The normalized spacial score (nSPS) is 31.1. The minimum absolute atomic E-state index is 0.135. The summed E-state index contributed by atoms with van der Waals surface area (Å²) in [5.74, 6) is 0.687. The summed E-state index contributed by atoms with van der Waals surface area (Å²) in [5, 5.41) is 0. The van der Waals surface area contributed by atoms with E-state index in [0.29, 0.717) is 12.6 Å². The van der Waals surface area contributed by atoms with E-state index >= 15 is 0 Å². The lowest BCUT2D eigenvalue weighted by Crippen LogP contribution is -2.60. The van der Waals surface area contributed by atoms with E-state index in [1.165, 1.54) is 19.4 Å². The molecule has 0 saturated carbocycles. The largest absolute Gasteiger partial charge is 0.383 e. The number of nitrogens with two attached hydrogens (primary N) is 1. The molecule has 2 rings (SSSR count). The molecule has 0 aromatic rings. The van der Waals surface area contributed by atoms with Gasteiger partial charge in [-0.3, -0.25) is 4.99 Å². The van der Waals surface area contributed by atoms with Gasteiger partial charge in [-0.15, -0.1) is 0 Å². The zero-order valence-electron chi connectivity index (χ0n) is 10.3. The Bertz CT molecular complexity index is 281. The smallest absolute Gasteiger partial charge is 0.191 e. The van der Waals surface area contributed by atoms with Crippen molar-refractivity contribution in [3.05, 3.63) is 0 Å². The maximum absolute atomic E-state index is 5.97. The molecule has 1 unspecified atom stereocenters. The average molecular weight is 226 g/mol. The van der Waals surface area contributed by atoms with Crippen molar-refractivity contribution >= 4 is 5.96 Å². The Kier molecular flexibility index (Phi) is 3.35. The van der Waals surface area contributed by atoms with Gasteiger partial charge in [0.25, 0.3) is 0 Å². The number of guanidine groups is 1. The fourth-order valence-electron chi connectivity index (χ4n) is 2.86. The molecule has 1 fully saturated rings. The van der Waals surface area contributed by atoms with Crippen LogP contribution in [-0.2, 0) is 4.74 Å². The Morgan fingerprint density at radius 2 is 2.38 bits per heavy atom. The van der Waals surface area contributed by atoms with E-state index in [4.69, 9.17) is 10.5 Å². The van der Waals surface area contributed by atoms with Crippen LogP contribution in [0.5, 0.6) is 0 Å². The summed E-state index contributed by atoms with van der Waals surface area (Å²) in [7, 11) is 3.90. The van der Waals surface area contributed by atoms with Crippen molar-refractivity contribution in [3.63, 3.8) is 0 Å². The molecule has 92 valence electrons. The molecule has 0 bridgehead atoms. The summed E-state index contributed by atoms with van der Waals surface area (Å²) in [6, 6.07) is 0. The molecule has 5 heteroatoms. The van der Waals surface area contributed by atoms with Crippen molar-refractivity contribution in [2.24, 2.45) is 10.7 Å². The van der Waals surface area contributed by atoms with Gasteiger partial charge in [-0.05, 0) is 26.4 Å². The van der Waals surface area contributed by atoms with Crippen LogP contribution in [0.4, 0.5) is 0 Å². The van der Waals surface area contributed by atoms with E-state index in [0.717, 1.165) is 19.6 Å². The van der Waals surface area contributed by atoms with E-state index in [2.05, 4.69) is 21.8 Å². The highest BCUT2D eigenvalue weighted by atomic mass is 16.5. The minimum Gasteiger partial charge on any atom is -0.383 e. The van der Waals surface area contributed by atoms with Gasteiger partial charge in [0.15, 0.2) is 5.96 Å². The number of methoxy groups -OCH3 is 1. The Labute approximate surface area is 97.2 Å². The summed E-state index contributed by atoms with van der Waals surface area (Å²) in [6.45, 7) is 4.63. The quantitative estimate of drug-likeness (QED) is 0.719. The van der Waals surface area contributed by atoms with E-state index in [1.807, 2.05) is 0 Å². The van der Waals surface area contributed by atoms with Crippen molar-refractivity contribution in [2.45, 2.75) is 18.4 Å². The van der Waals surface area contributed by atoms with E-state index in [9.17, 15) is 0 Å². The second kappa shape index (κ2) is 4.59. The van der Waals surface area contributed by atoms with Crippen LogP contribution in [0.2, 0.25) is 0 Å². The van der Waals surface area contributed by atoms with E-state index in [-0.39, 0.29) is 5.54 Å². The standard InChI is InChI=1S/C11H22N4O/c1-14-5-3-4-11(9-14)8-13-10(12)15(11)6-7-16-2/h3-9H2,1-2H3,(H2,12,13). The molecule has 1 atom stereocenters. The number of likely N-dealkylation sites (tertiary alicyclic amines) is 1. The van der Waals surface area contributed by atoms with Gasteiger partial charge in [-0.1, -0.05) is 0 Å². The second-order valence-electron chi connectivity index (χ2n) is 4.88. The highest BCUT2D eigenvalue weighted by molar-refractivity contribution is 5.81. The number of aliphatic imine (C=N–C) groups is 1. The monoisotopic (exact) mass is 226 g/mol. The first-order valence-electron chi connectivity index (χ1n) is 5.93. The first-order valence-corrected chi connectivity index (χ1v) is 5.93. The zero-order valence-corrected chi connectivity index (χ0v) is 10.3. The fraction of sp³-hybridized carbons (Fsp3) is 0.909. The molecular weight excluding hydrogens is 204 g/mol. The topological polar surface area (TPSA) is 54.1 Å². The van der Waals surface area contributed by atoms with Crippen LogP contribution in [0.15, 0.2) is 4.99 Å². The van der Waals surface area contributed by atoms with E-state index < -0.39 is 0 Å². The number of piperidine rings is 1. The lowest BCUT2D eigenvalue weighted by atomic mass is 9.88. The van der Waals surface area contributed by atoms with Crippen LogP contribution < -0.4 is 5.73 Å². The van der Waals surface area contributed by atoms with Gasteiger partial charge in [0.05, 0.1) is 18.7 Å². The van der Waals surface area contributed by atoms with Gasteiger partial charge in [-0.2, -0.15) is 0 Å². The first-order chi connectivity index (χ1) is 7.68. The molecule has 0 radical (unpaired) electrons. The maximum Gasteiger partial charge on any atom is 0.191 e. The van der Waals surface area contributed by atoms with Crippen LogP contribution >= 0.6 is 0 Å². The van der Waals surface area contributed by atoms with Crippen LogP contribution in [-0.4, -0.2) is 68.2 Å². The zero-order chi connectivity index (χ0) is 11.6. The molecule has 2 heterocycles. The van der Waals surface area contributed by atoms with Gasteiger partial charge in [0.1, 0.15) is 0 Å². The highest BCUT2D eigenvalue weighted by Gasteiger charge is 2.44. The molecule has 16 heavy (non-hydrogen) atoms. The molecule has 2 aliphatic rings. The Balaban J connectivity index is 2.07. The Morgan fingerprint density at radius 1 is 1.56 bits per heavy atom. The van der Waals surface area contributed by atoms with Gasteiger partial charge in [0.2, 0.25) is 0 Å². The predicted molar refractivity (Wildman–Crippen MR) is 64.5 cm³/mol. The molecular formula is C11H22N4O. The van der Waals surface area contributed by atoms with Crippen LogP contribution in [0.3, 0.4) is 0 Å². The third kappa shape index (κ3) is 2.01. The molecule has 1 saturated heterocycles. The first kappa shape index (κ1) is 11.7. The third-order valence-electron chi connectivity index (χ3n) is 3.65. The third-order valence-corrected chi connectivity index (χ3v) is 3.65. The van der Waals surface area contributed by atoms with Crippen molar-refractivity contribution in [3.8, 4) is 0 Å². The van der Waals surface area contributed by atoms with Gasteiger partial charge >= 0.3 is 0 Å². The van der Waals surface area contributed by atoms with Crippen molar-refractivity contribution < 1.29 is 4.74 Å². The number of rotatable bonds is 3. The SMILES string of the molecule is COCCN1C(N)=NCC12CCCN(C)C2. The Morgan fingerprint density at radius 3 is 3.06 bits per heavy atom. The number of nitrogens with zero attached hydrogens (tertiary/aromatic N) is 3. The highest BCUT2D eigenvalue weighted by Crippen LogP contribution is 2.30. The summed E-state index contributed by atoms with van der Waals surface area (Å²) in [5.41, 5.74) is 6.11. The Hall–Kier alpha value is -0.810. The number of ether oxygens (including phenoxy) is 1. The number of hydrogen-bond acceptors (Lipinski definition) is 5. The van der Waals surface area contributed by atoms with Crippen LogP contribution in [0.1, 0.15) is 12.8 Å². The second-order valence-corrected chi connectivity index (χ2v) is 4.88. The lowest BCUT2D eigenvalue weighted by molar-refractivity contribution is 0.0682. The molecule has 5 nitrogen and oxygen atoms in total. The van der Waals surface area contributed by atoms with Gasteiger partial charge in [0, 0.05) is 20.2 Å². The molecule has 0 amide bonds. The molecule has 0 aliphatic carbocycles. The molecule has 2 N–H and O–H groups in total. The number of hydrogen-bond donors (Lipinski definition) is 1. The lowest BCUT2D eigenvalue weighted by Gasteiger charge is -2.45. The van der Waals surface area contributed by atoms with Gasteiger partial charge < -0.3 is 20.3 Å². The van der Waals surface area contributed by atoms with Crippen molar-refractivity contribution in [1.82, 2.24) is 9.80 Å². The molecule has 2 aliphatic heterocycles.